The monoisotopic (exact) mass is 462 g/mol. The summed E-state index contributed by atoms with van der Waals surface area (Å²) in [6.45, 7) is 0. The van der Waals surface area contributed by atoms with Crippen LogP contribution in [0.4, 0.5) is 11.4 Å². The molecule has 2 aromatic rings. The van der Waals surface area contributed by atoms with Gasteiger partial charge in [-0.1, -0.05) is 72.5 Å². The lowest BCUT2D eigenvalue weighted by atomic mass is 10.1. The fourth-order valence-electron chi connectivity index (χ4n) is 3.58. The van der Waals surface area contributed by atoms with Gasteiger partial charge in [-0.15, -0.1) is 0 Å². The molecule has 2 aromatic carbocycles. The van der Waals surface area contributed by atoms with E-state index < -0.39 is 22.3 Å². The minimum Gasteiger partial charge on any atom is -0.399 e. The maximum atomic E-state index is 6.57. The SMILES string of the molecule is Nc1ccc(C(OC2(N)C=CC=CC2)SC(OC2(N)C=CC=CC2)c2ccc(N)cc2)cc1. The lowest BCUT2D eigenvalue weighted by molar-refractivity contribution is -0.0345. The highest BCUT2D eigenvalue weighted by Gasteiger charge is 2.34. The summed E-state index contributed by atoms with van der Waals surface area (Å²) < 4.78 is 13.0. The Kier molecular flexibility index (Phi) is 7.07. The van der Waals surface area contributed by atoms with Gasteiger partial charge >= 0.3 is 0 Å². The lowest BCUT2D eigenvalue weighted by Crippen LogP contribution is -2.43. The highest BCUT2D eigenvalue weighted by atomic mass is 32.2. The van der Waals surface area contributed by atoms with Gasteiger partial charge in [-0.25, -0.2) is 0 Å². The van der Waals surface area contributed by atoms with Crippen molar-refractivity contribution in [3.05, 3.63) is 108 Å². The van der Waals surface area contributed by atoms with Crippen LogP contribution < -0.4 is 22.9 Å². The van der Waals surface area contributed by atoms with Gasteiger partial charge in [0.2, 0.25) is 0 Å². The molecule has 0 amide bonds. The predicted octanol–water partition coefficient (Wildman–Crippen LogP) is 4.66. The molecule has 0 fully saturated rings. The summed E-state index contributed by atoms with van der Waals surface area (Å²) in [6.07, 6.45) is 16.6. The Morgan fingerprint density at radius 1 is 0.636 bits per heavy atom. The fraction of sp³-hybridized carbons (Fsp3) is 0.231. The van der Waals surface area contributed by atoms with Gasteiger partial charge in [0.05, 0.1) is 0 Å². The van der Waals surface area contributed by atoms with Crippen LogP contribution in [0.25, 0.3) is 0 Å². The van der Waals surface area contributed by atoms with E-state index in [1.165, 1.54) is 11.8 Å². The molecule has 0 aliphatic heterocycles. The number of nitrogens with two attached hydrogens (primary N) is 4. The van der Waals surface area contributed by atoms with E-state index in [9.17, 15) is 0 Å². The number of anilines is 2. The summed E-state index contributed by atoms with van der Waals surface area (Å²) in [7, 11) is 0. The molecule has 0 radical (unpaired) electrons. The fourth-order valence-corrected chi connectivity index (χ4v) is 4.90. The van der Waals surface area contributed by atoms with Crippen LogP contribution >= 0.6 is 11.8 Å². The number of nitrogen functional groups attached to an aromatic ring is 2. The van der Waals surface area contributed by atoms with Gasteiger partial charge in [-0.2, -0.15) is 0 Å². The number of hydrogen-bond acceptors (Lipinski definition) is 7. The van der Waals surface area contributed by atoms with Crippen LogP contribution in [0.3, 0.4) is 0 Å². The van der Waals surface area contributed by atoms with Gasteiger partial charge in [0.1, 0.15) is 22.3 Å². The van der Waals surface area contributed by atoms with Gasteiger partial charge < -0.3 is 20.9 Å². The van der Waals surface area contributed by atoms with E-state index in [0.717, 1.165) is 11.1 Å². The normalized spacial score (nSPS) is 25.8. The molecular formula is C26H30N4O2S. The number of rotatable bonds is 8. The van der Waals surface area contributed by atoms with Crippen molar-refractivity contribution in [1.82, 2.24) is 0 Å². The van der Waals surface area contributed by atoms with Gasteiger partial charge in [0, 0.05) is 24.2 Å². The summed E-state index contributed by atoms with van der Waals surface area (Å²) in [4.78, 5) is 0. The Bertz CT molecular complexity index is 979. The maximum Gasteiger partial charge on any atom is 0.141 e. The average molecular weight is 463 g/mol. The first-order valence-electron chi connectivity index (χ1n) is 10.8. The quantitative estimate of drug-likeness (QED) is 0.332. The molecule has 4 rings (SSSR count). The van der Waals surface area contributed by atoms with Crippen LogP contribution in [-0.2, 0) is 9.47 Å². The third kappa shape index (κ3) is 6.16. The maximum absolute atomic E-state index is 6.57. The van der Waals surface area contributed by atoms with Crippen LogP contribution in [0.2, 0.25) is 0 Å². The minimum absolute atomic E-state index is 0.444. The van der Waals surface area contributed by atoms with Gasteiger partial charge in [-0.05, 0) is 47.5 Å². The van der Waals surface area contributed by atoms with Crippen molar-refractivity contribution in [1.29, 1.82) is 0 Å². The molecule has 172 valence electrons. The van der Waals surface area contributed by atoms with E-state index in [1.807, 2.05) is 97.1 Å². The highest BCUT2D eigenvalue weighted by molar-refractivity contribution is 7.99. The Labute approximate surface area is 199 Å². The lowest BCUT2D eigenvalue weighted by Gasteiger charge is -2.36. The molecule has 0 saturated heterocycles. The van der Waals surface area contributed by atoms with E-state index in [-0.39, 0.29) is 0 Å². The molecule has 8 N–H and O–H groups in total. The van der Waals surface area contributed by atoms with E-state index >= 15 is 0 Å². The number of ether oxygens (including phenoxy) is 2. The summed E-state index contributed by atoms with van der Waals surface area (Å²) in [5, 5.41) is 0. The highest BCUT2D eigenvalue weighted by Crippen LogP contribution is 2.46. The third-order valence-electron chi connectivity index (χ3n) is 5.44. The molecule has 4 unspecified atom stereocenters. The van der Waals surface area contributed by atoms with Crippen LogP contribution in [0, 0.1) is 0 Å². The first-order chi connectivity index (χ1) is 15.8. The van der Waals surface area contributed by atoms with Crippen molar-refractivity contribution in [3.8, 4) is 0 Å². The first kappa shape index (κ1) is 23.4. The molecule has 0 aromatic heterocycles. The minimum atomic E-state index is -0.937. The molecular weight excluding hydrogens is 432 g/mol. The number of hydrogen-bond donors (Lipinski definition) is 4. The molecule has 2 aliphatic carbocycles. The average Bonchev–Trinajstić information content (AvgIpc) is 2.80. The topological polar surface area (TPSA) is 123 Å². The largest absolute Gasteiger partial charge is 0.399 e. The molecule has 4 atom stereocenters. The third-order valence-corrected chi connectivity index (χ3v) is 6.67. The molecule has 7 heteroatoms. The Morgan fingerprint density at radius 3 is 1.36 bits per heavy atom. The number of thioether (sulfide) groups is 1. The summed E-state index contributed by atoms with van der Waals surface area (Å²) >= 11 is 1.49. The Hall–Kier alpha value is -2.81. The molecule has 6 nitrogen and oxygen atoms in total. The van der Waals surface area contributed by atoms with Crippen LogP contribution in [0.15, 0.2) is 97.1 Å². The molecule has 33 heavy (non-hydrogen) atoms. The standard InChI is InChI=1S/C26H30N4O2S/c27-21-11-7-19(8-12-21)23(31-25(29)15-3-1-4-16-25)33-24(20-9-13-22(28)14-10-20)32-26(30)17-5-2-6-18-26/h1-15,17,23-24H,16,18,27-30H2. The van der Waals surface area contributed by atoms with Gasteiger partial charge in [0.25, 0.3) is 0 Å². The van der Waals surface area contributed by atoms with Crippen molar-refractivity contribution in [2.24, 2.45) is 11.5 Å². The second-order valence-electron chi connectivity index (χ2n) is 8.26. The summed E-state index contributed by atoms with van der Waals surface area (Å²) in [5.41, 5.74) is 25.4. The number of allylic oxidation sites excluding steroid dienone is 4. The van der Waals surface area contributed by atoms with E-state index in [1.54, 1.807) is 0 Å². The summed E-state index contributed by atoms with van der Waals surface area (Å²) in [6, 6.07) is 15.2. The predicted molar refractivity (Wildman–Crippen MR) is 137 cm³/mol. The van der Waals surface area contributed by atoms with Gasteiger partial charge in [-0.3, -0.25) is 11.5 Å². The van der Waals surface area contributed by atoms with Crippen molar-refractivity contribution in [2.75, 3.05) is 11.5 Å². The first-order valence-corrected chi connectivity index (χ1v) is 11.8. The van der Waals surface area contributed by atoms with Crippen molar-refractivity contribution < 1.29 is 9.47 Å². The zero-order valence-corrected chi connectivity index (χ0v) is 19.2. The number of benzene rings is 2. The van der Waals surface area contributed by atoms with E-state index in [0.29, 0.717) is 24.2 Å². The zero-order chi connectivity index (χ0) is 23.3. The van der Waals surface area contributed by atoms with Crippen molar-refractivity contribution in [2.45, 2.75) is 35.2 Å². The van der Waals surface area contributed by atoms with E-state index in [2.05, 4.69) is 0 Å². The van der Waals surface area contributed by atoms with Crippen molar-refractivity contribution in [3.63, 3.8) is 0 Å². The van der Waals surface area contributed by atoms with Crippen molar-refractivity contribution >= 4 is 23.1 Å². The molecule has 2 aliphatic rings. The molecule has 0 bridgehead atoms. The van der Waals surface area contributed by atoms with E-state index in [4.69, 9.17) is 32.4 Å². The van der Waals surface area contributed by atoms with Crippen LogP contribution in [0.1, 0.15) is 34.8 Å². The summed E-state index contributed by atoms with van der Waals surface area (Å²) in [5.74, 6) is 0. The molecule has 0 spiro atoms. The second-order valence-corrected chi connectivity index (χ2v) is 9.39. The molecule has 0 saturated carbocycles. The van der Waals surface area contributed by atoms with Crippen LogP contribution in [-0.4, -0.2) is 11.4 Å². The zero-order valence-electron chi connectivity index (χ0n) is 18.3. The van der Waals surface area contributed by atoms with Gasteiger partial charge in [0.15, 0.2) is 0 Å². The Morgan fingerprint density at radius 2 is 1.03 bits per heavy atom. The molecule has 0 heterocycles. The second kappa shape index (κ2) is 9.99. The smallest absolute Gasteiger partial charge is 0.141 e. The Balaban J connectivity index is 1.66. The van der Waals surface area contributed by atoms with Crippen LogP contribution in [0.5, 0.6) is 0 Å².